The van der Waals surface area contributed by atoms with E-state index in [2.05, 4.69) is 14.2 Å². The standard InChI is InChI=1S/C22H20F14N2O5/c1-17(2,3)42-15(39)37-10-7(23)8(24)11(38-16(40)43-18(4,5)6)12(9(10)25)41-14(27)13(26)19(28,29)20(30,31)21(32,33)22(34,35)36/h1-6H3,(H,37,39)(H,38,40). The molecule has 43 heavy (non-hydrogen) atoms. The minimum atomic E-state index is -7.77. The summed E-state index contributed by atoms with van der Waals surface area (Å²) in [5.41, 5.74) is -6.98. The van der Waals surface area contributed by atoms with Crippen molar-refractivity contribution in [3.8, 4) is 5.75 Å². The summed E-state index contributed by atoms with van der Waals surface area (Å²) in [6.45, 7) is 7.15. The normalized spacial score (nSPS) is 14.1. The Hall–Kier alpha value is -3.68. The summed E-state index contributed by atoms with van der Waals surface area (Å²) in [5.74, 6) is -37.5. The van der Waals surface area contributed by atoms with Crippen LogP contribution in [0.15, 0.2) is 11.8 Å². The van der Waals surface area contributed by atoms with E-state index < -0.39 is 93.7 Å². The Balaban J connectivity index is 3.89. The van der Waals surface area contributed by atoms with Gasteiger partial charge in [0.25, 0.3) is 0 Å². The molecule has 7 nitrogen and oxygen atoms in total. The van der Waals surface area contributed by atoms with Crippen molar-refractivity contribution < 1.29 is 85.3 Å². The highest BCUT2D eigenvalue weighted by molar-refractivity contribution is 5.91. The van der Waals surface area contributed by atoms with Crippen LogP contribution in [-0.4, -0.2) is 47.3 Å². The van der Waals surface area contributed by atoms with E-state index in [0.717, 1.165) is 0 Å². The van der Waals surface area contributed by atoms with Crippen molar-refractivity contribution >= 4 is 23.6 Å². The molecule has 0 spiro atoms. The van der Waals surface area contributed by atoms with Gasteiger partial charge in [0, 0.05) is 0 Å². The summed E-state index contributed by atoms with van der Waals surface area (Å²) < 4.78 is 204. The molecule has 0 aliphatic rings. The zero-order valence-electron chi connectivity index (χ0n) is 22.3. The van der Waals surface area contributed by atoms with Gasteiger partial charge in [0.1, 0.15) is 22.6 Å². The second-order valence-corrected chi connectivity index (χ2v) is 10.2. The van der Waals surface area contributed by atoms with E-state index in [9.17, 15) is 66.7 Å². The molecule has 0 atom stereocenters. The summed E-state index contributed by atoms with van der Waals surface area (Å²) in [6, 6.07) is -3.90. The van der Waals surface area contributed by atoms with E-state index >= 15 is 4.39 Å². The number of alkyl halides is 9. The molecule has 2 amide bonds. The third-order valence-electron chi connectivity index (χ3n) is 4.31. The number of carbonyl (C=O) groups is 2. The van der Waals surface area contributed by atoms with Crippen molar-refractivity contribution in [3.63, 3.8) is 0 Å². The van der Waals surface area contributed by atoms with Gasteiger partial charge in [-0.15, -0.1) is 0 Å². The molecule has 21 heteroatoms. The van der Waals surface area contributed by atoms with Gasteiger partial charge < -0.3 is 14.2 Å². The van der Waals surface area contributed by atoms with Crippen LogP contribution in [0.1, 0.15) is 41.5 Å². The van der Waals surface area contributed by atoms with Crippen LogP contribution in [0.3, 0.4) is 0 Å². The number of benzene rings is 1. The number of hydrogen-bond acceptors (Lipinski definition) is 5. The highest BCUT2D eigenvalue weighted by Gasteiger charge is 2.83. The molecule has 0 fully saturated rings. The summed E-state index contributed by atoms with van der Waals surface area (Å²) in [4.78, 5) is 23.9. The molecule has 1 aromatic rings. The van der Waals surface area contributed by atoms with Crippen LogP contribution in [0.4, 0.5) is 82.4 Å². The van der Waals surface area contributed by atoms with Crippen molar-refractivity contribution in [1.82, 2.24) is 0 Å². The second kappa shape index (κ2) is 11.8. The van der Waals surface area contributed by atoms with Crippen LogP contribution >= 0.6 is 0 Å². The van der Waals surface area contributed by atoms with Gasteiger partial charge in [0.2, 0.25) is 5.83 Å². The molecule has 246 valence electrons. The first-order valence-electron chi connectivity index (χ1n) is 11.0. The fraction of sp³-hybridized carbons (Fsp3) is 0.545. The van der Waals surface area contributed by atoms with E-state index in [0.29, 0.717) is 0 Å². The molecule has 0 aliphatic carbocycles. The van der Waals surface area contributed by atoms with Gasteiger partial charge >= 0.3 is 42.1 Å². The SMILES string of the molecule is CC(C)(C)OC(=O)Nc1c(F)c(F)c(NC(=O)OC(C)(C)C)c(OC(F)=C(F)C(F)(F)C(F)(F)C(F)(F)C(F)(F)F)c1F. The van der Waals surface area contributed by atoms with Gasteiger partial charge in [-0.3, -0.25) is 10.6 Å². The average molecular weight is 658 g/mol. The topological polar surface area (TPSA) is 85.9 Å². The maximum absolute atomic E-state index is 15.1. The Kier molecular flexibility index (Phi) is 10.2. The summed E-state index contributed by atoms with van der Waals surface area (Å²) in [5, 5.41) is 2.42. The number of nitrogens with one attached hydrogen (secondary N) is 2. The fourth-order valence-electron chi connectivity index (χ4n) is 2.54. The lowest BCUT2D eigenvalue weighted by molar-refractivity contribution is -0.392. The van der Waals surface area contributed by atoms with Crippen LogP contribution < -0.4 is 15.4 Å². The molecule has 0 aliphatic heterocycles. The first kappa shape index (κ1) is 37.3. The number of allylic oxidation sites excluding steroid dienone is 1. The number of carbonyl (C=O) groups excluding carboxylic acids is 2. The van der Waals surface area contributed by atoms with Crippen molar-refractivity contribution in [1.29, 1.82) is 0 Å². The molecule has 1 aromatic carbocycles. The van der Waals surface area contributed by atoms with E-state index in [4.69, 9.17) is 0 Å². The molecule has 0 saturated heterocycles. The Morgan fingerprint density at radius 1 is 0.605 bits per heavy atom. The lowest BCUT2D eigenvalue weighted by Crippen LogP contribution is -2.61. The quantitative estimate of drug-likeness (QED) is 0.174. The summed E-state index contributed by atoms with van der Waals surface area (Å²) >= 11 is 0. The second-order valence-electron chi connectivity index (χ2n) is 10.2. The number of rotatable bonds is 7. The first-order valence-corrected chi connectivity index (χ1v) is 11.0. The van der Waals surface area contributed by atoms with Crippen molar-refractivity contribution in [2.75, 3.05) is 10.6 Å². The predicted molar refractivity (Wildman–Crippen MR) is 117 cm³/mol. The minimum Gasteiger partial charge on any atom is -0.444 e. The lowest BCUT2D eigenvalue weighted by Gasteiger charge is -2.32. The van der Waals surface area contributed by atoms with E-state index in [1.54, 1.807) is 0 Å². The highest BCUT2D eigenvalue weighted by atomic mass is 19.4. The number of halogens is 14. The fourth-order valence-corrected chi connectivity index (χ4v) is 2.54. The largest absolute Gasteiger partial charge is 0.460 e. The van der Waals surface area contributed by atoms with E-state index in [1.807, 2.05) is 0 Å². The summed E-state index contributed by atoms with van der Waals surface area (Å²) in [7, 11) is 0. The number of hydrogen-bond donors (Lipinski definition) is 2. The van der Waals surface area contributed by atoms with Crippen LogP contribution in [0.25, 0.3) is 0 Å². The van der Waals surface area contributed by atoms with Gasteiger partial charge in [-0.1, -0.05) is 0 Å². The van der Waals surface area contributed by atoms with Gasteiger partial charge in [0.05, 0.1) is 0 Å². The van der Waals surface area contributed by atoms with Crippen molar-refractivity contribution in [3.05, 3.63) is 29.3 Å². The van der Waals surface area contributed by atoms with Gasteiger partial charge in [-0.2, -0.15) is 48.3 Å². The number of ether oxygens (including phenoxy) is 3. The Morgan fingerprint density at radius 3 is 1.35 bits per heavy atom. The smallest absolute Gasteiger partial charge is 0.444 e. The molecule has 0 bridgehead atoms. The van der Waals surface area contributed by atoms with Crippen LogP contribution in [0.5, 0.6) is 5.75 Å². The zero-order chi connectivity index (χ0) is 34.3. The molecule has 2 N–H and O–H groups in total. The first-order chi connectivity index (χ1) is 18.9. The third-order valence-corrected chi connectivity index (χ3v) is 4.31. The Bertz CT molecular complexity index is 1280. The molecule has 0 unspecified atom stereocenters. The maximum atomic E-state index is 15.1. The van der Waals surface area contributed by atoms with Gasteiger partial charge in [0.15, 0.2) is 23.2 Å². The molecule has 0 aromatic heterocycles. The Labute approximate surface area is 232 Å². The molecule has 0 saturated carbocycles. The molecular weight excluding hydrogens is 638 g/mol. The third kappa shape index (κ3) is 8.03. The molecular formula is C22H20F14N2O5. The Morgan fingerprint density at radius 2 is 0.977 bits per heavy atom. The van der Waals surface area contributed by atoms with E-state index in [-0.39, 0.29) is 0 Å². The lowest BCUT2D eigenvalue weighted by atomic mass is 10.0. The van der Waals surface area contributed by atoms with Gasteiger partial charge in [-0.05, 0) is 41.5 Å². The van der Waals surface area contributed by atoms with Crippen molar-refractivity contribution in [2.24, 2.45) is 0 Å². The van der Waals surface area contributed by atoms with Crippen molar-refractivity contribution in [2.45, 2.75) is 76.7 Å². The molecule has 1 rings (SSSR count). The van der Waals surface area contributed by atoms with Crippen LogP contribution in [0.2, 0.25) is 0 Å². The zero-order valence-corrected chi connectivity index (χ0v) is 22.3. The summed E-state index contributed by atoms with van der Waals surface area (Å²) in [6.07, 6.45) is -11.1. The monoisotopic (exact) mass is 658 g/mol. The number of amides is 2. The predicted octanol–water partition coefficient (Wildman–Crippen LogP) is 8.75. The highest BCUT2D eigenvalue weighted by Crippen LogP contribution is 2.56. The average Bonchev–Trinajstić information content (AvgIpc) is 2.78. The molecule has 0 radical (unpaired) electrons. The number of anilines is 2. The van der Waals surface area contributed by atoms with Crippen LogP contribution in [-0.2, 0) is 9.47 Å². The minimum absolute atomic E-state index is 1.17. The van der Waals surface area contributed by atoms with Crippen LogP contribution in [0, 0.1) is 17.5 Å². The molecule has 0 heterocycles. The maximum Gasteiger partial charge on any atom is 0.460 e. The van der Waals surface area contributed by atoms with Gasteiger partial charge in [-0.25, -0.2) is 22.8 Å². The van der Waals surface area contributed by atoms with E-state index in [1.165, 1.54) is 52.2 Å².